The lowest BCUT2D eigenvalue weighted by atomic mass is 10.2. The van der Waals surface area contributed by atoms with Gasteiger partial charge in [-0.2, -0.15) is 0 Å². The molecular formula is C7H4O3S10. The molecule has 0 saturated heterocycles. The smallest absolute Gasteiger partial charge is 0.238 e. The van der Waals surface area contributed by atoms with E-state index in [1.165, 1.54) is 29.9 Å². The van der Waals surface area contributed by atoms with E-state index in [2.05, 4.69) is 22.4 Å². The van der Waals surface area contributed by atoms with Crippen LogP contribution in [0.3, 0.4) is 0 Å². The summed E-state index contributed by atoms with van der Waals surface area (Å²) in [4.78, 5) is 11.2. The minimum atomic E-state index is -3.39. The first-order valence-electron chi connectivity index (χ1n) is 4.36. The molecule has 0 aliphatic carbocycles. The van der Waals surface area contributed by atoms with Crippen molar-refractivity contribution < 1.29 is 13.2 Å². The second-order valence-electron chi connectivity index (χ2n) is 2.73. The highest BCUT2D eigenvalue weighted by atomic mass is 33.4. The Labute approximate surface area is 146 Å². The largest absolute Gasteiger partial charge is 0.280 e. The van der Waals surface area contributed by atoms with Crippen molar-refractivity contribution in [3.63, 3.8) is 0 Å². The molecule has 1 heterocycles. The van der Waals surface area contributed by atoms with Crippen molar-refractivity contribution in [1.29, 1.82) is 0 Å². The topological polar surface area (TPSA) is 51.2 Å². The summed E-state index contributed by atoms with van der Waals surface area (Å²) in [5, 5.41) is -0.384. The first-order valence-corrected chi connectivity index (χ1v) is 16.5. The lowest BCUT2D eigenvalue weighted by Gasteiger charge is -1.91. The molecule has 0 N–H and O–H groups in total. The first kappa shape index (κ1) is 19.0. The number of benzene rings is 1. The summed E-state index contributed by atoms with van der Waals surface area (Å²) in [5.74, 6) is 0. The Bertz CT molecular complexity index is 835. The molecule has 0 bridgehead atoms. The van der Waals surface area contributed by atoms with Crippen LogP contribution in [0, 0.1) is 0 Å². The molecule has 0 radical (unpaired) electrons. The van der Waals surface area contributed by atoms with Crippen LogP contribution in [-0.2, 0) is 84.5 Å². The second kappa shape index (κ2) is 9.86. The number of carbonyl (C=O) groups excluding carboxylic acids is 1. The third-order valence-electron chi connectivity index (χ3n) is 1.70. The minimum absolute atomic E-state index is 0.139. The summed E-state index contributed by atoms with van der Waals surface area (Å²) in [7, 11) is 6.12. The molecule has 0 fully saturated rings. The lowest BCUT2D eigenvalue weighted by Crippen LogP contribution is -1.88. The third kappa shape index (κ3) is 5.98. The van der Waals surface area contributed by atoms with E-state index in [9.17, 15) is 13.2 Å². The molecule has 20 heavy (non-hydrogen) atoms. The van der Waals surface area contributed by atoms with Gasteiger partial charge in [-0.1, -0.05) is 12.1 Å². The number of hydrogen-bond acceptors (Lipinski definition) is 6. The molecule has 1 aliphatic heterocycles. The molecule has 0 saturated carbocycles. The van der Waals surface area contributed by atoms with Crippen LogP contribution in [0.5, 0.6) is 0 Å². The van der Waals surface area contributed by atoms with Gasteiger partial charge in [-0.25, -0.2) is 8.42 Å². The van der Waals surface area contributed by atoms with Crippen molar-refractivity contribution in [2.45, 2.75) is 4.90 Å². The molecule has 3 nitrogen and oxygen atoms in total. The Morgan fingerprint density at radius 2 is 1.50 bits per heavy atom. The Morgan fingerprint density at radius 1 is 0.950 bits per heavy atom. The Kier molecular flexibility index (Phi) is 9.37. The zero-order valence-corrected chi connectivity index (χ0v) is 17.3. The van der Waals surface area contributed by atoms with Crippen LogP contribution >= 0.6 is 10.8 Å². The summed E-state index contributed by atoms with van der Waals surface area (Å²) < 4.78 is 22.4. The van der Waals surface area contributed by atoms with Crippen molar-refractivity contribution in [3.8, 4) is 0 Å². The molecule has 13 heteroatoms. The predicted molar refractivity (Wildman–Crippen MR) is 104 cm³/mol. The van der Waals surface area contributed by atoms with Crippen molar-refractivity contribution >= 4 is 100 Å². The fourth-order valence-corrected chi connectivity index (χ4v) is 14.9. The number of fused-ring (bicyclic) bond motifs is 1. The molecule has 110 valence electrons. The summed E-state index contributed by atoms with van der Waals surface area (Å²) in [6.07, 6.45) is 0. The predicted octanol–water partition coefficient (Wildman–Crippen LogP) is 1.24. The molecular weight excluding hydrogens is 453 g/mol. The van der Waals surface area contributed by atoms with Gasteiger partial charge < -0.3 is 0 Å². The number of hydrogen-bond donors (Lipinski definition) is 0. The van der Waals surface area contributed by atoms with Gasteiger partial charge in [0, 0.05) is 81.2 Å². The van der Waals surface area contributed by atoms with Crippen LogP contribution in [0.15, 0.2) is 29.2 Å². The fourth-order valence-electron chi connectivity index (χ4n) is 1.09. The van der Waals surface area contributed by atoms with E-state index in [1.807, 2.05) is 0 Å². The van der Waals surface area contributed by atoms with Gasteiger partial charge >= 0.3 is 0 Å². The average molecular weight is 457 g/mol. The van der Waals surface area contributed by atoms with Crippen LogP contribution in [0.2, 0.25) is 0 Å². The fraction of sp³-hybridized carbons (Fsp3) is 0. The van der Waals surface area contributed by atoms with E-state index in [0.29, 0.717) is 16.4 Å². The van der Waals surface area contributed by atoms with Gasteiger partial charge in [0.1, 0.15) is 0 Å². The zero-order chi connectivity index (χ0) is 15.0. The summed E-state index contributed by atoms with van der Waals surface area (Å²) in [5.41, 5.74) is 0.294. The van der Waals surface area contributed by atoms with E-state index in [0.717, 1.165) is 0 Å². The Balaban J connectivity index is 0.000000221. The highest BCUT2D eigenvalue weighted by molar-refractivity contribution is 8.78. The third-order valence-corrected chi connectivity index (χ3v) is 15.9. The molecule has 0 amide bonds. The second-order valence-corrected chi connectivity index (χ2v) is 17.0. The maximum absolute atomic E-state index is 11.2. The molecule has 2 rings (SSSR count). The van der Waals surface area contributed by atoms with E-state index in [-0.39, 0.29) is 10.0 Å². The van der Waals surface area contributed by atoms with Crippen LogP contribution in [0.4, 0.5) is 0 Å². The molecule has 0 spiro atoms. The molecule has 1 aromatic carbocycles. The summed E-state index contributed by atoms with van der Waals surface area (Å²) in [6, 6.07) is 6.23. The average Bonchev–Trinajstić information content (AvgIpc) is 2.67. The Hall–Kier alpha value is 0.950. The molecule has 1 aromatic rings. The van der Waals surface area contributed by atoms with Crippen molar-refractivity contribution in [3.05, 3.63) is 29.8 Å². The minimum Gasteiger partial charge on any atom is -0.280 e. The Morgan fingerprint density at radius 3 is 2.00 bits per heavy atom. The lowest BCUT2D eigenvalue weighted by molar-refractivity contribution is 0.108. The van der Waals surface area contributed by atoms with Crippen LogP contribution in [-0.4, -0.2) is 13.5 Å². The van der Waals surface area contributed by atoms with E-state index >= 15 is 0 Å². The summed E-state index contributed by atoms with van der Waals surface area (Å²) in [6.45, 7) is 0. The van der Waals surface area contributed by atoms with Gasteiger partial charge in [0.25, 0.3) is 0 Å². The van der Waals surface area contributed by atoms with Crippen molar-refractivity contribution in [2.75, 3.05) is 0 Å². The maximum atomic E-state index is 11.2. The number of carbonyl (C=O) groups is 1. The molecule has 1 aliphatic rings. The molecule has 0 atom stereocenters. The highest BCUT2D eigenvalue weighted by Gasteiger charge is 2.33. The molecule has 0 aromatic heterocycles. The molecule has 0 unspecified atom stereocenters. The zero-order valence-electron chi connectivity index (χ0n) is 9.12. The van der Waals surface area contributed by atoms with Crippen molar-refractivity contribution in [2.24, 2.45) is 0 Å². The van der Waals surface area contributed by atoms with Gasteiger partial charge in [-0.3, -0.25) is 4.79 Å². The van der Waals surface area contributed by atoms with Crippen LogP contribution in [0.1, 0.15) is 10.4 Å². The SMILES string of the molecule is O=C1SS(=O)(=O)c2ccccc21.S=S=S=S=S=S=S=S. The quantitative estimate of drug-likeness (QED) is 0.548. The number of rotatable bonds is 0. The first-order chi connectivity index (χ1) is 9.53. The normalized spacial score (nSPS) is 14.1. The highest BCUT2D eigenvalue weighted by Crippen LogP contribution is 2.37. The van der Waals surface area contributed by atoms with Gasteiger partial charge in [0.2, 0.25) is 14.0 Å². The van der Waals surface area contributed by atoms with E-state index in [4.69, 9.17) is 0 Å². The van der Waals surface area contributed by atoms with Crippen LogP contribution in [0.25, 0.3) is 0 Å². The monoisotopic (exact) mass is 456 g/mol. The summed E-state index contributed by atoms with van der Waals surface area (Å²) >= 11 is 9.21. The van der Waals surface area contributed by atoms with Gasteiger partial charge in [0.05, 0.1) is 15.7 Å². The van der Waals surface area contributed by atoms with E-state index in [1.54, 1.807) is 47.7 Å². The van der Waals surface area contributed by atoms with Gasteiger partial charge in [0.15, 0.2) is 0 Å². The van der Waals surface area contributed by atoms with Crippen LogP contribution < -0.4 is 0 Å². The van der Waals surface area contributed by atoms with Gasteiger partial charge in [-0.05, 0) is 12.1 Å². The van der Waals surface area contributed by atoms with Crippen molar-refractivity contribution in [1.82, 2.24) is 0 Å². The van der Waals surface area contributed by atoms with Gasteiger partial charge in [-0.15, -0.1) is 0 Å². The van der Waals surface area contributed by atoms with E-state index < -0.39 is 8.87 Å². The maximum Gasteiger partial charge on any atom is 0.238 e. The standard InChI is InChI=1S/C7H4O3S2.S8/c8-7-5-3-1-2-4-6(5)12(9,10)11-7;1-3-5-7-8-6-4-2/h1-4H;.